The van der Waals surface area contributed by atoms with Crippen LogP contribution in [0.2, 0.25) is 0 Å². The summed E-state index contributed by atoms with van der Waals surface area (Å²) < 4.78 is 21.7. The molecule has 0 aliphatic rings. The first-order valence-electron chi connectivity index (χ1n) is 7.70. The maximum Gasteiger partial charge on any atom is 0.203 e. The van der Waals surface area contributed by atoms with Gasteiger partial charge in [0.1, 0.15) is 0 Å². The lowest BCUT2D eigenvalue weighted by molar-refractivity contribution is 0.125. The first kappa shape index (κ1) is 21.8. The number of benzene rings is 1. The smallest absolute Gasteiger partial charge is 0.203 e. The van der Waals surface area contributed by atoms with E-state index in [-0.39, 0.29) is 12.4 Å². The van der Waals surface area contributed by atoms with Crippen molar-refractivity contribution in [2.24, 2.45) is 5.92 Å². The number of methoxy groups -OCH3 is 3. The van der Waals surface area contributed by atoms with Gasteiger partial charge in [0.15, 0.2) is 11.5 Å². The Kier molecular flexibility index (Phi) is 11.7. The van der Waals surface area contributed by atoms with Gasteiger partial charge in [-0.25, -0.2) is 0 Å². The van der Waals surface area contributed by atoms with E-state index >= 15 is 0 Å². The first-order valence-corrected chi connectivity index (χ1v) is 7.70. The molecule has 0 bridgehead atoms. The minimum absolute atomic E-state index is 0. The minimum atomic E-state index is 0. The van der Waals surface area contributed by atoms with E-state index in [2.05, 4.69) is 19.2 Å². The van der Waals surface area contributed by atoms with Crippen LogP contribution in [-0.2, 0) is 11.3 Å². The van der Waals surface area contributed by atoms with E-state index in [0.717, 1.165) is 25.1 Å². The fourth-order valence-electron chi connectivity index (χ4n) is 2.09. The van der Waals surface area contributed by atoms with Crippen molar-refractivity contribution in [1.82, 2.24) is 5.32 Å². The molecule has 6 heteroatoms. The van der Waals surface area contributed by atoms with Crippen molar-refractivity contribution in [3.8, 4) is 17.2 Å². The highest BCUT2D eigenvalue weighted by Crippen LogP contribution is 2.39. The van der Waals surface area contributed by atoms with E-state index in [4.69, 9.17) is 18.9 Å². The molecule has 0 saturated heterocycles. The van der Waals surface area contributed by atoms with Gasteiger partial charge in [0.05, 0.1) is 27.9 Å². The van der Waals surface area contributed by atoms with Crippen LogP contribution in [0.25, 0.3) is 0 Å². The average molecular weight is 348 g/mol. The molecule has 0 saturated carbocycles. The SMILES string of the molecule is COc1ccc(CNCCOCCC(C)C)c(OC)c1OC.Cl. The number of hydrogen-bond donors (Lipinski definition) is 1. The van der Waals surface area contributed by atoms with Crippen molar-refractivity contribution >= 4 is 12.4 Å². The van der Waals surface area contributed by atoms with Crippen LogP contribution in [0.15, 0.2) is 12.1 Å². The molecule has 134 valence electrons. The lowest BCUT2D eigenvalue weighted by Gasteiger charge is -2.16. The molecule has 0 aliphatic carbocycles. The van der Waals surface area contributed by atoms with Gasteiger partial charge in [0, 0.05) is 25.3 Å². The van der Waals surface area contributed by atoms with Crippen molar-refractivity contribution in [2.45, 2.75) is 26.8 Å². The molecule has 0 spiro atoms. The molecular weight excluding hydrogens is 318 g/mol. The van der Waals surface area contributed by atoms with Gasteiger partial charge in [0.2, 0.25) is 5.75 Å². The summed E-state index contributed by atoms with van der Waals surface area (Å²) in [5.41, 5.74) is 1.03. The largest absolute Gasteiger partial charge is 0.493 e. The number of rotatable bonds is 11. The third kappa shape index (κ3) is 7.29. The van der Waals surface area contributed by atoms with Crippen LogP contribution in [-0.4, -0.2) is 41.1 Å². The highest BCUT2D eigenvalue weighted by atomic mass is 35.5. The van der Waals surface area contributed by atoms with Crippen molar-refractivity contribution < 1.29 is 18.9 Å². The van der Waals surface area contributed by atoms with E-state index < -0.39 is 0 Å². The zero-order valence-corrected chi connectivity index (χ0v) is 15.6. The molecule has 1 rings (SSSR count). The number of nitrogens with one attached hydrogen (secondary N) is 1. The fraction of sp³-hybridized carbons (Fsp3) is 0.647. The molecule has 23 heavy (non-hydrogen) atoms. The molecule has 0 radical (unpaired) electrons. The second kappa shape index (κ2) is 12.3. The summed E-state index contributed by atoms with van der Waals surface area (Å²) in [6, 6.07) is 3.87. The Morgan fingerprint density at radius 1 is 0.957 bits per heavy atom. The summed E-state index contributed by atoms with van der Waals surface area (Å²) in [7, 11) is 4.86. The van der Waals surface area contributed by atoms with Crippen LogP contribution in [0.1, 0.15) is 25.8 Å². The molecule has 5 nitrogen and oxygen atoms in total. The molecule has 1 N–H and O–H groups in total. The highest BCUT2D eigenvalue weighted by molar-refractivity contribution is 5.85. The van der Waals surface area contributed by atoms with E-state index in [0.29, 0.717) is 36.3 Å². The highest BCUT2D eigenvalue weighted by Gasteiger charge is 2.15. The zero-order chi connectivity index (χ0) is 16.4. The fourth-order valence-corrected chi connectivity index (χ4v) is 2.09. The summed E-state index contributed by atoms with van der Waals surface area (Å²) in [6.45, 7) is 7.42. The lowest BCUT2D eigenvalue weighted by atomic mass is 10.1. The monoisotopic (exact) mass is 347 g/mol. The van der Waals surface area contributed by atoms with Gasteiger partial charge in [-0.1, -0.05) is 19.9 Å². The Labute approximate surface area is 146 Å². The van der Waals surface area contributed by atoms with Gasteiger partial charge in [0.25, 0.3) is 0 Å². The topological polar surface area (TPSA) is 49.0 Å². The van der Waals surface area contributed by atoms with E-state index in [1.54, 1.807) is 21.3 Å². The van der Waals surface area contributed by atoms with Crippen molar-refractivity contribution in [2.75, 3.05) is 41.1 Å². The number of hydrogen-bond acceptors (Lipinski definition) is 5. The lowest BCUT2D eigenvalue weighted by Crippen LogP contribution is -2.20. The van der Waals surface area contributed by atoms with Crippen molar-refractivity contribution in [3.05, 3.63) is 17.7 Å². The second-order valence-electron chi connectivity index (χ2n) is 5.47. The predicted octanol–water partition coefficient (Wildman–Crippen LogP) is 3.29. The minimum Gasteiger partial charge on any atom is -0.493 e. The molecule has 0 amide bonds. The molecule has 0 atom stereocenters. The second-order valence-corrected chi connectivity index (χ2v) is 5.47. The summed E-state index contributed by atoms with van der Waals surface area (Å²) in [5, 5.41) is 3.35. The summed E-state index contributed by atoms with van der Waals surface area (Å²) in [6.07, 6.45) is 1.10. The Bertz CT molecular complexity index is 441. The van der Waals surface area contributed by atoms with Gasteiger partial charge in [-0.2, -0.15) is 0 Å². The quantitative estimate of drug-likeness (QED) is 0.622. The maximum absolute atomic E-state index is 5.58. The van der Waals surface area contributed by atoms with Crippen LogP contribution in [0.4, 0.5) is 0 Å². The zero-order valence-electron chi connectivity index (χ0n) is 14.8. The van der Waals surface area contributed by atoms with Crippen molar-refractivity contribution in [1.29, 1.82) is 0 Å². The molecule has 0 heterocycles. The van der Waals surface area contributed by atoms with E-state index in [1.807, 2.05) is 12.1 Å². The molecular formula is C17H30ClNO4. The van der Waals surface area contributed by atoms with Gasteiger partial charge in [-0.05, 0) is 18.4 Å². The van der Waals surface area contributed by atoms with Crippen LogP contribution in [0, 0.1) is 5.92 Å². The van der Waals surface area contributed by atoms with Gasteiger partial charge in [-0.15, -0.1) is 12.4 Å². The Balaban J connectivity index is 0.00000484. The maximum atomic E-state index is 5.58. The first-order chi connectivity index (χ1) is 10.6. The normalized spacial score (nSPS) is 10.3. The van der Waals surface area contributed by atoms with Crippen LogP contribution in [0.5, 0.6) is 17.2 Å². The molecule has 0 aromatic heterocycles. The van der Waals surface area contributed by atoms with Crippen molar-refractivity contribution in [3.63, 3.8) is 0 Å². The van der Waals surface area contributed by atoms with Crippen LogP contribution in [0.3, 0.4) is 0 Å². The number of ether oxygens (including phenoxy) is 4. The molecule has 0 unspecified atom stereocenters. The summed E-state index contributed by atoms with van der Waals surface area (Å²) in [5.74, 6) is 2.68. The van der Waals surface area contributed by atoms with Gasteiger partial charge < -0.3 is 24.3 Å². The van der Waals surface area contributed by atoms with Crippen LogP contribution >= 0.6 is 12.4 Å². The Morgan fingerprint density at radius 2 is 1.65 bits per heavy atom. The predicted molar refractivity (Wildman–Crippen MR) is 95.3 cm³/mol. The van der Waals surface area contributed by atoms with Gasteiger partial charge >= 0.3 is 0 Å². The summed E-state index contributed by atoms with van der Waals surface area (Å²) >= 11 is 0. The standard InChI is InChI=1S/C17H29NO4.ClH/c1-13(2)8-10-22-11-9-18-12-14-6-7-15(19-3)17(21-5)16(14)20-4;/h6-7,13,18H,8-12H2,1-5H3;1H. The Hall–Kier alpha value is -1.17. The molecule has 1 aromatic rings. The third-order valence-electron chi connectivity index (χ3n) is 3.36. The average Bonchev–Trinajstić information content (AvgIpc) is 2.52. The molecule has 0 aliphatic heterocycles. The van der Waals surface area contributed by atoms with Gasteiger partial charge in [-0.3, -0.25) is 0 Å². The molecule has 0 fully saturated rings. The van der Waals surface area contributed by atoms with Crippen LogP contribution < -0.4 is 19.5 Å². The van der Waals surface area contributed by atoms with E-state index in [9.17, 15) is 0 Å². The third-order valence-corrected chi connectivity index (χ3v) is 3.36. The van der Waals surface area contributed by atoms with E-state index in [1.165, 1.54) is 0 Å². The molecule has 1 aromatic carbocycles. The Morgan fingerprint density at radius 3 is 2.22 bits per heavy atom. The summed E-state index contributed by atoms with van der Waals surface area (Å²) in [4.78, 5) is 0. The number of halogens is 1.